The van der Waals surface area contributed by atoms with Crippen molar-refractivity contribution in [3.8, 4) is 0 Å². The van der Waals surface area contributed by atoms with E-state index in [2.05, 4.69) is 45.3 Å². The summed E-state index contributed by atoms with van der Waals surface area (Å²) < 4.78 is 6.65. The molecule has 2 rings (SSSR count). The molecule has 1 aliphatic rings. The second kappa shape index (κ2) is 6.12. The molecule has 0 saturated carbocycles. The van der Waals surface area contributed by atoms with Crippen LogP contribution in [0.1, 0.15) is 4.88 Å². The predicted molar refractivity (Wildman–Crippen MR) is 71.0 cm³/mol. The summed E-state index contributed by atoms with van der Waals surface area (Å²) in [6.45, 7) is 4.70. The monoisotopic (exact) mass is 304 g/mol. The Hall–Kier alpha value is 0.0600. The smallest absolute Gasteiger partial charge is 0.0701 e. The average Bonchev–Trinajstić information content (AvgIpc) is 2.65. The van der Waals surface area contributed by atoms with Gasteiger partial charge in [0.15, 0.2) is 0 Å². The van der Waals surface area contributed by atoms with Gasteiger partial charge in [0, 0.05) is 30.6 Å². The number of likely N-dealkylation sites (N-methyl/N-ethyl adjacent to an activating group) is 1. The zero-order valence-electron chi connectivity index (χ0n) is 9.41. The van der Waals surface area contributed by atoms with Crippen molar-refractivity contribution in [2.24, 2.45) is 0 Å². The summed E-state index contributed by atoms with van der Waals surface area (Å²) in [4.78, 5) is 3.73. The van der Waals surface area contributed by atoms with Crippen LogP contribution in [-0.2, 0) is 11.3 Å². The standard InChI is InChI=1S/C11H17BrN2OS/c1-14(6-9-8-15-5-4-13-9)7-10-2-3-11(12)16-10/h2-3,9,13H,4-8H2,1H3. The van der Waals surface area contributed by atoms with E-state index >= 15 is 0 Å². The molecule has 0 amide bonds. The van der Waals surface area contributed by atoms with E-state index in [9.17, 15) is 0 Å². The maximum absolute atomic E-state index is 5.44. The molecular weight excluding hydrogens is 288 g/mol. The third-order valence-electron chi connectivity index (χ3n) is 2.59. The highest BCUT2D eigenvalue weighted by molar-refractivity contribution is 9.11. The molecule has 0 spiro atoms. The SMILES string of the molecule is CN(Cc1ccc(Br)s1)CC1COCCN1. The highest BCUT2D eigenvalue weighted by Gasteiger charge is 2.15. The van der Waals surface area contributed by atoms with Crippen molar-refractivity contribution in [2.45, 2.75) is 12.6 Å². The molecule has 3 nitrogen and oxygen atoms in total. The van der Waals surface area contributed by atoms with E-state index < -0.39 is 0 Å². The second-order valence-corrected chi connectivity index (χ2v) is 6.68. The Morgan fingerprint density at radius 1 is 1.62 bits per heavy atom. The van der Waals surface area contributed by atoms with Gasteiger partial charge in [0.05, 0.1) is 17.0 Å². The van der Waals surface area contributed by atoms with Crippen LogP contribution in [0, 0.1) is 0 Å². The fourth-order valence-corrected chi connectivity index (χ4v) is 3.44. The van der Waals surface area contributed by atoms with Crippen molar-refractivity contribution in [1.82, 2.24) is 10.2 Å². The van der Waals surface area contributed by atoms with Gasteiger partial charge in [-0.05, 0) is 35.1 Å². The molecule has 16 heavy (non-hydrogen) atoms. The normalized spacial score (nSPS) is 21.6. The molecule has 0 aliphatic carbocycles. The van der Waals surface area contributed by atoms with Gasteiger partial charge in [-0.15, -0.1) is 11.3 Å². The molecule has 0 bridgehead atoms. The van der Waals surface area contributed by atoms with E-state index in [4.69, 9.17) is 4.74 Å². The lowest BCUT2D eigenvalue weighted by molar-refractivity contribution is 0.0646. The fourth-order valence-electron chi connectivity index (χ4n) is 1.88. The van der Waals surface area contributed by atoms with E-state index in [0.29, 0.717) is 6.04 Å². The third kappa shape index (κ3) is 3.82. The summed E-state index contributed by atoms with van der Waals surface area (Å²) >= 11 is 5.29. The largest absolute Gasteiger partial charge is 0.378 e. The van der Waals surface area contributed by atoms with Gasteiger partial charge in [-0.2, -0.15) is 0 Å². The molecule has 1 aliphatic heterocycles. The Morgan fingerprint density at radius 2 is 2.50 bits per heavy atom. The number of morpholine rings is 1. The zero-order chi connectivity index (χ0) is 11.4. The maximum Gasteiger partial charge on any atom is 0.0701 e. The topological polar surface area (TPSA) is 24.5 Å². The van der Waals surface area contributed by atoms with Gasteiger partial charge < -0.3 is 10.1 Å². The highest BCUT2D eigenvalue weighted by Crippen LogP contribution is 2.22. The van der Waals surface area contributed by atoms with Crippen molar-refractivity contribution < 1.29 is 4.74 Å². The molecule has 5 heteroatoms. The predicted octanol–water partition coefficient (Wildman–Crippen LogP) is 1.93. The summed E-state index contributed by atoms with van der Waals surface area (Å²) in [6, 6.07) is 4.76. The molecule has 1 unspecified atom stereocenters. The van der Waals surface area contributed by atoms with Gasteiger partial charge in [0.25, 0.3) is 0 Å². The minimum Gasteiger partial charge on any atom is -0.378 e. The van der Waals surface area contributed by atoms with Crippen LogP contribution in [-0.4, -0.2) is 44.3 Å². The first-order chi connectivity index (χ1) is 7.74. The van der Waals surface area contributed by atoms with Crippen LogP contribution >= 0.6 is 27.3 Å². The Balaban J connectivity index is 1.77. The Labute approximate surface area is 109 Å². The summed E-state index contributed by atoms with van der Waals surface area (Å²) in [5.74, 6) is 0. The lowest BCUT2D eigenvalue weighted by Crippen LogP contribution is -2.47. The quantitative estimate of drug-likeness (QED) is 0.920. The van der Waals surface area contributed by atoms with Crippen molar-refractivity contribution in [1.29, 1.82) is 0 Å². The number of halogens is 1. The first-order valence-corrected chi connectivity index (χ1v) is 7.09. The van der Waals surface area contributed by atoms with Crippen LogP contribution < -0.4 is 5.32 Å². The molecule has 1 atom stereocenters. The van der Waals surface area contributed by atoms with Crippen molar-refractivity contribution in [3.63, 3.8) is 0 Å². The first kappa shape index (κ1) is 12.5. The van der Waals surface area contributed by atoms with Crippen molar-refractivity contribution in [3.05, 3.63) is 20.8 Å². The highest BCUT2D eigenvalue weighted by atomic mass is 79.9. The van der Waals surface area contributed by atoms with Gasteiger partial charge in [-0.1, -0.05) is 0 Å². The number of hydrogen-bond acceptors (Lipinski definition) is 4. The van der Waals surface area contributed by atoms with Gasteiger partial charge in [0.1, 0.15) is 0 Å². The number of hydrogen-bond donors (Lipinski definition) is 1. The molecule has 1 saturated heterocycles. The van der Waals surface area contributed by atoms with E-state index in [1.165, 1.54) is 8.66 Å². The molecule has 1 N–H and O–H groups in total. The molecule has 0 aromatic carbocycles. The molecule has 2 heterocycles. The molecule has 90 valence electrons. The Bertz CT molecular complexity index is 326. The number of thiophene rings is 1. The average molecular weight is 305 g/mol. The van der Waals surface area contributed by atoms with Crippen LogP contribution in [0.25, 0.3) is 0 Å². The molecule has 1 aromatic rings. The third-order valence-corrected chi connectivity index (χ3v) is 4.19. The Morgan fingerprint density at radius 3 is 3.12 bits per heavy atom. The van der Waals surface area contributed by atoms with Gasteiger partial charge in [-0.3, -0.25) is 4.90 Å². The number of rotatable bonds is 4. The molecule has 1 aromatic heterocycles. The van der Waals surface area contributed by atoms with Crippen molar-refractivity contribution in [2.75, 3.05) is 33.4 Å². The van der Waals surface area contributed by atoms with E-state index in [1.807, 2.05) is 0 Å². The molecule has 0 radical (unpaired) electrons. The number of nitrogens with one attached hydrogen (secondary N) is 1. The number of nitrogens with zero attached hydrogens (tertiary/aromatic N) is 1. The second-order valence-electron chi connectivity index (χ2n) is 4.13. The van der Waals surface area contributed by atoms with Crippen molar-refractivity contribution >= 4 is 27.3 Å². The minimum absolute atomic E-state index is 0.474. The van der Waals surface area contributed by atoms with E-state index in [1.54, 1.807) is 11.3 Å². The van der Waals surface area contributed by atoms with Gasteiger partial charge in [0.2, 0.25) is 0 Å². The summed E-state index contributed by atoms with van der Waals surface area (Å²) in [5, 5.41) is 3.47. The summed E-state index contributed by atoms with van der Waals surface area (Å²) in [6.07, 6.45) is 0. The van der Waals surface area contributed by atoms with Crippen LogP contribution in [0.3, 0.4) is 0 Å². The lowest BCUT2D eigenvalue weighted by atomic mass is 10.2. The summed E-state index contributed by atoms with van der Waals surface area (Å²) in [5.41, 5.74) is 0. The van der Waals surface area contributed by atoms with Gasteiger partial charge in [-0.25, -0.2) is 0 Å². The van der Waals surface area contributed by atoms with Crippen LogP contribution in [0.2, 0.25) is 0 Å². The van der Waals surface area contributed by atoms with Gasteiger partial charge >= 0.3 is 0 Å². The molecule has 1 fully saturated rings. The number of ether oxygens (including phenoxy) is 1. The van der Waals surface area contributed by atoms with Crippen LogP contribution in [0.15, 0.2) is 15.9 Å². The first-order valence-electron chi connectivity index (χ1n) is 5.48. The van der Waals surface area contributed by atoms with E-state index in [-0.39, 0.29) is 0 Å². The zero-order valence-corrected chi connectivity index (χ0v) is 11.8. The maximum atomic E-state index is 5.44. The fraction of sp³-hybridized carbons (Fsp3) is 0.636. The van der Waals surface area contributed by atoms with Crippen LogP contribution in [0.4, 0.5) is 0 Å². The minimum atomic E-state index is 0.474. The van der Waals surface area contributed by atoms with E-state index in [0.717, 1.165) is 32.8 Å². The Kier molecular flexibility index (Phi) is 4.79. The molecular formula is C11H17BrN2OS. The van der Waals surface area contributed by atoms with Crippen LogP contribution in [0.5, 0.6) is 0 Å². The lowest BCUT2D eigenvalue weighted by Gasteiger charge is -2.27. The summed E-state index contributed by atoms with van der Waals surface area (Å²) in [7, 11) is 2.16.